The van der Waals surface area contributed by atoms with Gasteiger partial charge in [0.15, 0.2) is 0 Å². The summed E-state index contributed by atoms with van der Waals surface area (Å²) in [5.41, 5.74) is 11.5. The monoisotopic (exact) mass is 218 g/mol. The summed E-state index contributed by atoms with van der Waals surface area (Å²) in [7, 11) is 0. The average Bonchev–Trinajstić information content (AvgIpc) is 2.62. The maximum absolute atomic E-state index is 11.4. The number of fused-ring (bicyclic) bond motifs is 1. The first-order valence-electron chi connectivity index (χ1n) is 5.75. The first-order chi connectivity index (χ1) is 7.63. The van der Waals surface area contributed by atoms with Gasteiger partial charge in [0.05, 0.1) is 6.42 Å². The first-order valence-corrected chi connectivity index (χ1v) is 5.75. The summed E-state index contributed by atoms with van der Waals surface area (Å²) in [5, 5.41) is 2.93. The van der Waals surface area contributed by atoms with Gasteiger partial charge >= 0.3 is 0 Å². The lowest BCUT2D eigenvalue weighted by molar-refractivity contribution is -0.115. The van der Waals surface area contributed by atoms with E-state index in [1.807, 2.05) is 0 Å². The van der Waals surface area contributed by atoms with Crippen LogP contribution in [0.3, 0.4) is 0 Å². The Labute approximate surface area is 96.0 Å². The molecule has 1 aromatic rings. The van der Waals surface area contributed by atoms with Crippen LogP contribution in [0, 0.1) is 13.8 Å². The van der Waals surface area contributed by atoms with Crippen LogP contribution >= 0.6 is 0 Å². The molecule has 3 heteroatoms. The molecule has 0 atom stereocenters. The third-order valence-electron chi connectivity index (χ3n) is 3.35. The minimum atomic E-state index is 0.105. The van der Waals surface area contributed by atoms with E-state index in [9.17, 15) is 4.79 Å². The highest BCUT2D eigenvalue weighted by Crippen LogP contribution is 2.31. The Kier molecular flexibility index (Phi) is 2.97. The molecule has 3 N–H and O–H groups in total. The van der Waals surface area contributed by atoms with Gasteiger partial charge in [0, 0.05) is 5.69 Å². The number of hydrogen-bond acceptors (Lipinski definition) is 2. The number of anilines is 1. The standard InChI is InChI=1S/C13H18N2O/c1-8-9(2)13-11(7-12(16)15-13)6-10(8)4-3-5-14/h6H,3-5,7,14H2,1-2H3,(H,15,16). The molecular formula is C13H18N2O. The number of aryl methyl sites for hydroxylation is 1. The van der Waals surface area contributed by atoms with Crippen LogP contribution in [-0.2, 0) is 17.6 Å². The van der Waals surface area contributed by atoms with Gasteiger partial charge < -0.3 is 11.1 Å². The van der Waals surface area contributed by atoms with E-state index in [0.29, 0.717) is 13.0 Å². The maximum atomic E-state index is 11.4. The third-order valence-corrected chi connectivity index (χ3v) is 3.35. The summed E-state index contributed by atoms with van der Waals surface area (Å²) in [6.07, 6.45) is 2.52. The number of nitrogens with one attached hydrogen (secondary N) is 1. The fourth-order valence-electron chi connectivity index (χ4n) is 2.28. The van der Waals surface area contributed by atoms with Crippen molar-refractivity contribution in [2.45, 2.75) is 33.1 Å². The van der Waals surface area contributed by atoms with Crippen molar-refractivity contribution in [3.8, 4) is 0 Å². The molecular weight excluding hydrogens is 200 g/mol. The van der Waals surface area contributed by atoms with Gasteiger partial charge in [-0.05, 0) is 55.5 Å². The van der Waals surface area contributed by atoms with E-state index in [-0.39, 0.29) is 5.91 Å². The van der Waals surface area contributed by atoms with Crippen molar-refractivity contribution in [1.29, 1.82) is 0 Å². The largest absolute Gasteiger partial charge is 0.330 e. The lowest BCUT2D eigenvalue weighted by atomic mass is 9.94. The fourth-order valence-corrected chi connectivity index (χ4v) is 2.28. The zero-order valence-corrected chi connectivity index (χ0v) is 9.89. The SMILES string of the molecule is Cc1c(CCCN)cc2c(c1C)NC(=O)C2. The predicted octanol–water partition coefficient (Wildman–Crippen LogP) is 1.69. The van der Waals surface area contributed by atoms with E-state index in [2.05, 4.69) is 25.2 Å². The van der Waals surface area contributed by atoms with Crippen molar-refractivity contribution in [1.82, 2.24) is 0 Å². The Morgan fingerprint density at radius 3 is 2.81 bits per heavy atom. The van der Waals surface area contributed by atoms with Gasteiger partial charge in [0.25, 0.3) is 0 Å². The van der Waals surface area contributed by atoms with Crippen LogP contribution in [0.4, 0.5) is 5.69 Å². The van der Waals surface area contributed by atoms with Gasteiger partial charge in [-0.25, -0.2) is 0 Å². The molecule has 16 heavy (non-hydrogen) atoms. The molecule has 3 nitrogen and oxygen atoms in total. The highest BCUT2D eigenvalue weighted by Gasteiger charge is 2.21. The molecule has 1 amide bonds. The summed E-state index contributed by atoms with van der Waals surface area (Å²) in [6.45, 7) is 4.91. The van der Waals surface area contributed by atoms with Crippen LogP contribution in [0.25, 0.3) is 0 Å². The minimum Gasteiger partial charge on any atom is -0.330 e. The molecule has 0 saturated carbocycles. The molecule has 1 aromatic carbocycles. The first kappa shape index (κ1) is 11.1. The summed E-state index contributed by atoms with van der Waals surface area (Å²) < 4.78 is 0. The zero-order chi connectivity index (χ0) is 11.7. The number of hydrogen-bond donors (Lipinski definition) is 2. The zero-order valence-electron chi connectivity index (χ0n) is 9.89. The quantitative estimate of drug-likeness (QED) is 0.811. The van der Waals surface area contributed by atoms with Gasteiger partial charge in [-0.2, -0.15) is 0 Å². The number of rotatable bonds is 3. The maximum Gasteiger partial charge on any atom is 0.228 e. The summed E-state index contributed by atoms with van der Waals surface area (Å²) in [5.74, 6) is 0.105. The van der Waals surface area contributed by atoms with Crippen molar-refractivity contribution in [3.05, 3.63) is 28.3 Å². The van der Waals surface area contributed by atoms with Crippen LogP contribution in [0.1, 0.15) is 28.7 Å². The molecule has 2 rings (SSSR count). The van der Waals surface area contributed by atoms with Gasteiger partial charge in [-0.15, -0.1) is 0 Å². The highest BCUT2D eigenvalue weighted by atomic mass is 16.1. The van der Waals surface area contributed by atoms with Crippen molar-refractivity contribution in [3.63, 3.8) is 0 Å². The Bertz CT molecular complexity index is 438. The van der Waals surface area contributed by atoms with E-state index in [1.54, 1.807) is 0 Å². The van der Waals surface area contributed by atoms with Gasteiger partial charge in [0.1, 0.15) is 0 Å². The minimum absolute atomic E-state index is 0.105. The summed E-state index contributed by atoms with van der Waals surface area (Å²) in [4.78, 5) is 11.4. The molecule has 86 valence electrons. The van der Waals surface area contributed by atoms with Crippen LogP contribution in [-0.4, -0.2) is 12.5 Å². The molecule has 0 radical (unpaired) electrons. The topological polar surface area (TPSA) is 55.1 Å². The second kappa shape index (κ2) is 4.26. The van der Waals surface area contributed by atoms with Crippen molar-refractivity contribution < 1.29 is 4.79 Å². The van der Waals surface area contributed by atoms with Crippen LogP contribution in [0.15, 0.2) is 6.07 Å². The Morgan fingerprint density at radius 1 is 1.38 bits per heavy atom. The molecule has 1 heterocycles. The molecule has 0 aromatic heterocycles. The predicted molar refractivity (Wildman–Crippen MR) is 65.6 cm³/mol. The molecule has 0 fully saturated rings. The Morgan fingerprint density at radius 2 is 2.12 bits per heavy atom. The molecule has 1 aliphatic rings. The summed E-state index contributed by atoms with van der Waals surface area (Å²) in [6, 6.07) is 2.16. The number of carbonyl (C=O) groups excluding carboxylic acids is 1. The molecule has 0 spiro atoms. The highest BCUT2D eigenvalue weighted by molar-refractivity contribution is 6.00. The van der Waals surface area contributed by atoms with Crippen molar-refractivity contribution in [2.24, 2.45) is 5.73 Å². The molecule has 0 unspecified atom stereocenters. The van der Waals surface area contributed by atoms with Gasteiger partial charge in [-0.1, -0.05) is 6.07 Å². The van der Waals surface area contributed by atoms with Crippen LogP contribution < -0.4 is 11.1 Å². The molecule has 0 bridgehead atoms. The number of benzene rings is 1. The lowest BCUT2D eigenvalue weighted by Gasteiger charge is -2.13. The average molecular weight is 218 g/mol. The lowest BCUT2D eigenvalue weighted by Crippen LogP contribution is -2.05. The van der Waals surface area contributed by atoms with Crippen LogP contribution in [0.2, 0.25) is 0 Å². The molecule has 0 aliphatic carbocycles. The third kappa shape index (κ3) is 1.83. The smallest absolute Gasteiger partial charge is 0.228 e. The van der Waals surface area contributed by atoms with E-state index in [0.717, 1.165) is 24.1 Å². The van der Waals surface area contributed by atoms with Crippen molar-refractivity contribution in [2.75, 3.05) is 11.9 Å². The number of carbonyl (C=O) groups is 1. The van der Waals surface area contributed by atoms with Crippen molar-refractivity contribution >= 4 is 11.6 Å². The van der Waals surface area contributed by atoms with E-state index < -0.39 is 0 Å². The molecule has 1 aliphatic heterocycles. The Balaban J connectivity index is 2.39. The fraction of sp³-hybridized carbons (Fsp3) is 0.462. The van der Waals surface area contributed by atoms with E-state index in [1.165, 1.54) is 16.7 Å². The van der Waals surface area contributed by atoms with Crippen LogP contribution in [0.5, 0.6) is 0 Å². The van der Waals surface area contributed by atoms with Gasteiger partial charge in [0.2, 0.25) is 5.91 Å². The Hall–Kier alpha value is -1.35. The summed E-state index contributed by atoms with van der Waals surface area (Å²) >= 11 is 0. The van der Waals surface area contributed by atoms with E-state index in [4.69, 9.17) is 5.73 Å². The normalized spacial score (nSPS) is 13.8. The number of amides is 1. The van der Waals surface area contributed by atoms with E-state index >= 15 is 0 Å². The van der Waals surface area contributed by atoms with Gasteiger partial charge in [-0.3, -0.25) is 4.79 Å². The number of nitrogens with two attached hydrogens (primary N) is 1. The second-order valence-corrected chi connectivity index (χ2v) is 4.44. The molecule has 0 saturated heterocycles. The second-order valence-electron chi connectivity index (χ2n) is 4.44.